The summed E-state index contributed by atoms with van der Waals surface area (Å²) < 4.78 is 59.8. The number of aromatic nitrogens is 3. The molecule has 1 unspecified atom stereocenters. The molecule has 4 aliphatic heterocycles. The van der Waals surface area contributed by atoms with E-state index >= 15 is 8.78 Å². The van der Waals surface area contributed by atoms with Gasteiger partial charge in [-0.2, -0.15) is 12.7 Å². The number of benzene rings is 2. The molecule has 3 amide bonds. The maximum absolute atomic E-state index is 15.7. The fraction of sp³-hybridized carbons (Fsp3) is 0.364. The number of piperidine rings is 1. The van der Waals surface area contributed by atoms with Gasteiger partial charge in [-0.1, -0.05) is 0 Å². The van der Waals surface area contributed by atoms with E-state index in [2.05, 4.69) is 40.0 Å². The molecule has 4 aliphatic rings. The summed E-state index contributed by atoms with van der Waals surface area (Å²) in [6.07, 6.45) is 6.74. The summed E-state index contributed by atoms with van der Waals surface area (Å²) in [4.78, 5) is 71.1. The lowest BCUT2D eigenvalue weighted by molar-refractivity contribution is -0.134. The lowest BCUT2D eigenvalue weighted by Gasteiger charge is -2.39. The van der Waals surface area contributed by atoms with E-state index in [1.54, 1.807) is 18.5 Å². The monoisotopic (exact) mass is 895 g/mol. The van der Waals surface area contributed by atoms with Crippen molar-refractivity contribution in [2.45, 2.75) is 31.7 Å². The molecule has 2 aromatic carbocycles. The summed E-state index contributed by atoms with van der Waals surface area (Å²) in [6.45, 7) is 6.29. The number of piperazine rings is 2. The van der Waals surface area contributed by atoms with Crippen LogP contribution in [0.4, 0.5) is 31.7 Å². The van der Waals surface area contributed by atoms with Crippen molar-refractivity contribution in [1.82, 2.24) is 34.4 Å². The first kappa shape index (κ1) is 42.8. The third-order valence-electron chi connectivity index (χ3n) is 12.3. The molecule has 9 rings (SSSR count). The van der Waals surface area contributed by atoms with Crippen LogP contribution in [-0.4, -0.2) is 139 Å². The predicted molar refractivity (Wildman–Crippen MR) is 236 cm³/mol. The molecule has 0 spiro atoms. The Morgan fingerprint density at radius 3 is 2.23 bits per heavy atom. The molecule has 3 aromatic heterocycles. The van der Waals surface area contributed by atoms with Gasteiger partial charge in [0, 0.05) is 124 Å². The van der Waals surface area contributed by atoms with Crippen molar-refractivity contribution in [3.05, 3.63) is 95.9 Å². The molecule has 0 aliphatic carbocycles. The maximum atomic E-state index is 15.7. The largest absolute Gasteiger partial charge is 0.374 e. The molecule has 5 aromatic rings. The summed E-state index contributed by atoms with van der Waals surface area (Å²) in [7, 11) is -4.10. The number of nitrogens with zero attached hydrogens (tertiary/aromatic N) is 7. The number of carbonyl (C=O) groups excluding carboxylic acids is 4. The number of aromatic amines is 1. The van der Waals surface area contributed by atoms with Crippen LogP contribution in [0, 0.1) is 11.6 Å². The minimum absolute atomic E-state index is 0.0360. The van der Waals surface area contributed by atoms with Gasteiger partial charge in [-0.15, -0.1) is 0 Å². The lowest BCUT2D eigenvalue weighted by atomic mass is 10.00. The maximum Gasteiger partial charge on any atom is 0.301 e. The summed E-state index contributed by atoms with van der Waals surface area (Å²) in [5.74, 6) is -3.13. The third kappa shape index (κ3) is 8.97. The summed E-state index contributed by atoms with van der Waals surface area (Å²) in [5.41, 5.74) is 2.06. The van der Waals surface area contributed by atoms with Crippen LogP contribution in [0.15, 0.2) is 73.2 Å². The number of hydrogen-bond donors (Lipinski definition) is 4. The van der Waals surface area contributed by atoms with E-state index in [1.807, 2.05) is 41.3 Å². The molecule has 334 valence electrons. The Balaban J connectivity index is 0.771. The topological polar surface area (TPSA) is 196 Å². The molecule has 4 saturated heterocycles. The van der Waals surface area contributed by atoms with Crippen LogP contribution in [0.2, 0.25) is 0 Å². The average Bonchev–Trinajstić information content (AvgIpc) is 4.01. The van der Waals surface area contributed by atoms with Gasteiger partial charge in [0.05, 0.1) is 17.8 Å². The van der Waals surface area contributed by atoms with Gasteiger partial charge in [0.25, 0.3) is 0 Å². The number of halogens is 2. The number of ketones is 1. The molecule has 4 N–H and O–H groups in total. The average molecular weight is 896 g/mol. The number of rotatable bonds is 12. The number of anilines is 4. The van der Waals surface area contributed by atoms with Gasteiger partial charge in [-0.05, 0) is 73.9 Å². The standard InChI is InChI=1S/C44H47F2N11O6S/c45-34-8-9-35(52-64(62,63)57-13-1-2-14-57)41(46)40(34)42(60)33-26-49-43-32(33)23-29(25-48-43)28-3-11-37(47-24-28)55-19-21-56(22-20-55)39(59)27-53-15-17-54(18-16-53)31-6-4-30(5-7-31)50-36-10-12-38(58)51-44(36)61/h3-9,11,23-26,36,50,52H,1-2,10,12-22,27H2,(H,48,49)(H,51,58,61). The Kier molecular flexibility index (Phi) is 12.0. The molecule has 0 saturated carbocycles. The number of hydrogen-bond acceptors (Lipinski definition) is 12. The Labute approximate surface area is 368 Å². The first-order valence-electron chi connectivity index (χ1n) is 21.3. The number of carbonyl (C=O) groups is 4. The smallest absolute Gasteiger partial charge is 0.301 e. The van der Waals surface area contributed by atoms with Crippen LogP contribution in [-0.2, 0) is 24.6 Å². The van der Waals surface area contributed by atoms with Crippen molar-refractivity contribution in [2.24, 2.45) is 0 Å². The Hall–Kier alpha value is -6.51. The molecular weight excluding hydrogens is 849 g/mol. The normalized spacial score (nSPS) is 19.0. The van der Waals surface area contributed by atoms with Crippen molar-refractivity contribution in [2.75, 3.05) is 91.8 Å². The van der Waals surface area contributed by atoms with E-state index in [9.17, 15) is 27.6 Å². The lowest BCUT2D eigenvalue weighted by Crippen LogP contribution is -2.54. The van der Waals surface area contributed by atoms with E-state index in [1.165, 1.54) is 10.5 Å². The fourth-order valence-electron chi connectivity index (χ4n) is 8.64. The Morgan fingerprint density at radius 2 is 1.53 bits per heavy atom. The molecule has 1 atom stereocenters. The van der Waals surface area contributed by atoms with Crippen molar-refractivity contribution in [3.63, 3.8) is 0 Å². The highest BCUT2D eigenvalue weighted by Gasteiger charge is 2.31. The molecule has 0 radical (unpaired) electrons. The third-order valence-corrected chi connectivity index (χ3v) is 13.8. The zero-order chi connectivity index (χ0) is 44.5. The van der Waals surface area contributed by atoms with Crippen molar-refractivity contribution in [1.29, 1.82) is 0 Å². The van der Waals surface area contributed by atoms with E-state index in [0.29, 0.717) is 80.6 Å². The van der Waals surface area contributed by atoms with Crippen LogP contribution >= 0.6 is 0 Å². The van der Waals surface area contributed by atoms with Crippen LogP contribution in [0.5, 0.6) is 0 Å². The van der Waals surface area contributed by atoms with E-state index in [4.69, 9.17) is 4.98 Å². The second kappa shape index (κ2) is 17.9. The van der Waals surface area contributed by atoms with Crippen LogP contribution in [0.25, 0.3) is 22.2 Å². The predicted octanol–water partition coefficient (Wildman–Crippen LogP) is 3.57. The zero-order valence-electron chi connectivity index (χ0n) is 34.9. The molecular formula is C44H47F2N11O6S. The van der Waals surface area contributed by atoms with E-state index in [-0.39, 0.29) is 36.4 Å². The van der Waals surface area contributed by atoms with Crippen molar-refractivity contribution in [3.8, 4) is 11.1 Å². The molecule has 20 heteroatoms. The van der Waals surface area contributed by atoms with Gasteiger partial charge in [0.15, 0.2) is 5.82 Å². The summed E-state index contributed by atoms with van der Waals surface area (Å²) >= 11 is 0. The van der Waals surface area contributed by atoms with Crippen LogP contribution in [0.1, 0.15) is 41.6 Å². The van der Waals surface area contributed by atoms with Gasteiger partial charge < -0.3 is 25.0 Å². The van der Waals surface area contributed by atoms with Crippen molar-refractivity contribution < 1.29 is 36.4 Å². The van der Waals surface area contributed by atoms with E-state index < -0.39 is 44.9 Å². The first-order valence-corrected chi connectivity index (χ1v) is 22.8. The molecule has 7 heterocycles. The Morgan fingerprint density at radius 1 is 0.812 bits per heavy atom. The van der Waals surface area contributed by atoms with Crippen LogP contribution < -0.4 is 25.2 Å². The van der Waals surface area contributed by atoms with Gasteiger partial charge >= 0.3 is 10.2 Å². The number of amides is 3. The highest BCUT2D eigenvalue weighted by atomic mass is 32.2. The minimum atomic E-state index is -4.10. The molecule has 64 heavy (non-hydrogen) atoms. The highest BCUT2D eigenvalue weighted by Crippen LogP contribution is 2.31. The summed E-state index contributed by atoms with van der Waals surface area (Å²) in [5, 5.41) is 5.90. The second-order valence-corrected chi connectivity index (χ2v) is 18.1. The molecule has 4 fully saturated rings. The van der Waals surface area contributed by atoms with Gasteiger partial charge in [0.2, 0.25) is 23.5 Å². The van der Waals surface area contributed by atoms with Gasteiger partial charge in [0.1, 0.15) is 23.3 Å². The van der Waals surface area contributed by atoms with E-state index in [0.717, 1.165) is 55.5 Å². The number of imide groups is 1. The molecule has 17 nitrogen and oxygen atoms in total. The Bertz CT molecular complexity index is 2700. The number of H-pyrrole nitrogens is 1. The molecule has 0 bridgehead atoms. The fourth-order valence-corrected chi connectivity index (χ4v) is 9.94. The number of pyridine rings is 2. The zero-order valence-corrected chi connectivity index (χ0v) is 35.7. The first-order chi connectivity index (χ1) is 30.9. The second-order valence-electron chi connectivity index (χ2n) is 16.4. The number of fused-ring (bicyclic) bond motifs is 1. The quantitative estimate of drug-likeness (QED) is 0.105. The number of nitrogens with one attached hydrogen (secondary N) is 4. The van der Waals surface area contributed by atoms with Crippen molar-refractivity contribution >= 4 is 67.6 Å². The highest BCUT2D eigenvalue weighted by molar-refractivity contribution is 7.90. The summed E-state index contributed by atoms with van der Waals surface area (Å²) in [6, 6.07) is 14.7. The minimum Gasteiger partial charge on any atom is -0.374 e. The SMILES string of the molecule is O=C1CCC(Nc2ccc(N3CCN(CC(=O)N4CCN(c5ccc(-c6cnc7[nH]cc(C(=O)c8c(F)ccc(NS(=O)(=O)N9CCCC9)c8F)c7c6)cn5)CC4)CC3)cc2)C(=O)N1. The van der Waals surface area contributed by atoms with Gasteiger partial charge in [-0.25, -0.2) is 18.7 Å². The van der Waals surface area contributed by atoms with Crippen LogP contribution in [0.3, 0.4) is 0 Å². The van der Waals surface area contributed by atoms with Gasteiger partial charge in [-0.3, -0.25) is 34.1 Å².